The van der Waals surface area contributed by atoms with Crippen LogP contribution in [-0.2, 0) is 6.42 Å². The second-order valence-corrected chi connectivity index (χ2v) is 4.77. The zero-order valence-electron chi connectivity index (χ0n) is 10.4. The Morgan fingerprint density at radius 1 is 1.17 bits per heavy atom. The van der Waals surface area contributed by atoms with Crippen molar-refractivity contribution in [2.45, 2.75) is 13.3 Å². The SMILES string of the molecule is CCc1ccc2[nH]c3c(OC)c(Cl)ccc3c2c1. The third kappa shape index (κ3) is 1.57. The second-order valence-electron chi connectivity index (χ2n) is 4.36. The van der Waals surface area contributed by atoms with Crippen LogP contribution in [0.5, 0.6) is 5.75 Å². The van der Waals surface area contributed by atoms with Crippen molar-refractivity contribution in [1.29, 1.82) is 0 Å². The van der Waals surface area contributed by atoms with Gasteiger partial charge in [0.05, 0.1) is 17.6 Å². The van der Waals surface area contributed by atoms with E-state index in [1.165, 1.54) is 10.9 Å². The molecule has 0 saturated carbocycles. The Bertz CT molecular complexity index is 730. The first-order chi connectivity index (χ1) is 8.74. The number of ether oxygens (including phenoxy) is 1. The molecule has 0 atom stereocenters. The maximum atomic E-state index is 6.14. The summed E-state index contributed by atoms with van der Waals surface area (Å²) in [5, 5.41) is 3.01. The van der Waals surface area contributed by atoms with Crippen LogP contribution in [0.3, 0.4) is 0 Å². The largest absolute Gasteiger partial charge is 0.493 e. The molecule has 0 radical (unpaired) electrons. The van der Waals surface area contributed by atoms with Crippen LogP contribution in [-0.4, -0.2) is 12.1 Å². The highest BCUT2D eigenvalue weighted by Crippen LogP contribution is 2.36. The standard InChI is InChI=1S/C15H14ClNO/c1-3-9-4-7-13-11(8-9)10-5-6-12(16)15(18-2)14(10)17-13/h4-8,17H,3H2,1-2H3. The number of nitrogens with one attached hydrogen (secondary N) is 1. The number of methoxy groups -OCH3 is 1. The first-order valence-electron chi connectivity index (χ1n) is 6.01. The predicted molar refractivity (Wildman–Crippen MR) is 76.7 cm³/mol. The average molecular weight is 260 g/mol. The van der Waals surface area contributed by atoms with Crippen LogP contribution in [0.15, 0.2) is 30.3 Å². The quantitative estimate of drug-likeness (QED) is 0.718. The molecular formula is C15H14ClNO. The Labute approximate surface area is 111 Å². The van der Waals surface area contributed by atoms with E-state index in [4.69, 9.17) is 16.3 Å². The first-order valence-corrected chi connectivity index (χ1v) is 6.39. The lowest BCUT2D eigenvalue weighted by molar-refractivity contribution is 0.419. The van der Waals surface area contributed by atoms with E-state index in [0.29, 0.717) is 10.8 Å². The van der Waals surface area contributed by atoms with Crippen molar-refractivity contribution in [3.63, 3.8) is 0 Å². The van der Waals surface area contributed by atoms with E-state index in [-0.39, 0.29) is 0 Å². The number of aromatic nitrogens is 1. The molecule has 2 aromatic carbocycles. The Kier molecular flexibility index (Phi) is 2.67. The molecule has 2 nitrogen and oxygen atoms in total. The van der Waals surface area contributed by atoms with Crippen molar-refractivity contribution in [1.82, 2.24) is 4.98 Å². The summed E-state index contributed by atoms with van der Waals surface area (Å²) in [6, 6.07) is 10.4. The zero-order chi connectivity index (χ0) is 12.7. The van der Waals surface area contributed by atoms with Crippen LogP contribution in [0, 0.1) is 0 Å². The van der Waals surface area contributed by atoms with E-state index in [1.807, 2.05) is 12.1 Å². The maximum absolute atomic E-state index is 6.14. The van der Waals surface area contributed by atoms with Gasteiger partial charge in [0.1, 0.15) is 0 Å². The molecule has 0 aliphatic heterocycles. The number of benzene rings is 2. The third-order valence-corrected chi connectivity index (χ3v) is 3.65. The molecule has 0 spiro atoms. The van der Waals surface area contributed by atoms with E-state index >= 15 is 0 Å². The molecule has 1 aromatic heterocycles. The molecule has 0 aliphatic rings. The fourth-order valence-corrected chi connectivity index (χ4v) is 2.62. The van der Waals surface area contributed by atoms with Crippen molar-refractivity contribution in [3.05, 3.63) is 40.9 Å². The molecular weight excluding hydrogens is 246 g/mol. The van der Waals surface area contributed by atoms with Gasteiger partial charge in [0.25, 0.3) is 0 Å². The predicted octanol–water partition coefficient (Wildman–Crippen LogP) is 4.55. The molecule has 0 unspecified atom stereocenters. The fraction of sp³-hybridized carbons (Fsp3) is 0.200. The topological polar surface area (TPSA) is 25.0 Å². The lowest BCUT2D eigenvalue weighted by Gasteiger charge is -2.03. The number of aromatic amines is 1. The molecule has 0 fully saturated rings. The van der Waals surface area contributed by atoms with E-state index < -0.39 is 0 Å². The highest BCUT2D eigenvalue weighted by molar-refractivity contribution is 6.33. The van der Waals surface area contributed by atoms with E-state index in [1.54, 1.807) is 7.11 Å². The zero-order valence-corrected chi connectivity index (χ0v) is 11.1. The minimum absolute atomic E-state index is 0.632. The van der Waals surface area contributed by atoms with Gasteiger partial charge in [0, 0.05) is 16.3 Å². The molecule has 0 amide bonds. The maximum Gasteiger partial charge on any atom is 0.161 e. The van der Waals surface area contributed by atoms with E-state index in [2.05, 4.69) is 30.1 Å². The molecule has 92 valence electrons. The summed E-state index contributed by atoms with van der Waals surface area (Å²) in [5.41, 5.74) is 3.41. The van der Waals surface area contributed by atoms with Crippen molar-refractivity contribution in [3.8, 4) is 5.75 Å². The minimum Gasteiger partial charge on any atom is -0.493 e. The van der Waals surface area contributed by atoms with Gasteiger partial charge in [0.15, 0.2) is 5.75 Å². The van der Waals surface area contributed by atoms with Gasteiger partial charge in [-0.15, -0.1) is 0 Å². The van der Waals surface area contributed by atoms with E-state index in [9.17, 15) is 0 Å². The molecule has 3 rings (SSSR count). The molecule has 1 heterocycles. The smallest absolute Gasteiger partial charge is 0.161 e. The van der Waals surface area contributed by atoms with Crippen molar-refractivity contribution >= 4 is 33.4 Å². The molecule has 3 aromatic rings. The van der Waals surface area contributed by atoms with Gasteiger partial charge in [-0.05, 0) is 30.2 Å². The van der Waals surface area contributed by atoms with Gasteiger partial charge >= 0.3 is 0 Å². The lowest BCUT2D eigenvalue weighted by atomic mass is 10.1. The van der Waals surface area contributed by atoms with E-state index in [0.717, 1.165) is 22.8 Å². The van der Waals surface area contributed by atoms with Gasteiger partial charge in [-0.1, -0.05) is 30.7 Å². The highest BCUT2D eigenvalue weighted by atomic mass is 35.5. The van der Waals surface area contributed by atoms with Crippen molar-refractivity contribution in [2.75, 3.05) is 7.11 Å². The van der Waals surface area contributed by atoms with Gasteiger partial charge in [-0.3, -0.25) is 0 Å². The Morgan fingerprint density at radius 3 is 2.72 bits per heavy atom. The van der Waals surface area contributed by atoms with Gasteiger partial charge in [-0.2, -0.15) is 0 Å². The van der Waals surface area contributed by atoms with Gasteiger partial charge in [0.2, 0.25) is 0 Å². The summed E-state index contributed by atoms with van der Waals surface area (Å²) in [6.45, 7) is 2.16. The molecule has 0 bridgehead atoms. The number of aryl methyl sites for hydroxylation is 1. The van der Waals surface area contributed by atoms with Crippen LogP contribution in [0.2, 0.25) is 5.02 Å². The number of hydrogen-bond donors (Lipinski definition) is 1. The summed E-state index contributed by atoms with van der Waals surface area (Å²) in [7, 11) is 1.64. The number of rotatable bonds is 2. The van der Waals surface area contributed by atoms with Crippen LogP contribution < -0.4 is 4.74 Å². The summed E-state index contributed by atoms with van der Waals surface area (Å²) in [4.78, 5) is 3.38. The first kappa shape index (κ1) is 11.4. The van der Waals surface area contributed by atoms with Crippen molar-refractivity contribution < 1.29 is 4.74 Å². The number of H-pyrrole nitrogens is 1. The molecule has 1 N–H and O–H groups in total. The third-order valence-electron chi connectivity index (χ3n) is 3.36. The average Bonchev–Trinajstić information content (AvgIpc) is 2.76. The Hall–Kier alpha value is -1.67. The number of hydrogen-bond acceptors (Lipinski definition) is 1. The molecule has 18 heavy (non-hydrogen) atoms. The van der Waals surface area contributed by atoms with Crippen LogP contribution in [0.25, 0.3) is 21.8 Å². The highest BCUT2D eigenvalue weighted by Gasteiger charge is 2.11. The number of halogens is 1. The minimum atomic E-state index is 0.632. The van der Waals surface area contributed by atoms with Crippen molar-refractivity contribution in [2.24, 2.45) is 0 Å². The molecule has 0 saturated heterocycles. The van der Waals surface area contributed by atoms with Crippen LogP contribution in [0.1, 0.15) is 12.5 Å². The molecule has 0 aliphatic carbocycles. The second kappa shape index (κ2) is 4.21. The monoisotopic (exact) mass is 259 g/mol. The molecule has 3 heteroatoms. The Morgan fingerprint density at radius 2 is 2.00 bits per heavy atom. The summed E-state index contributed by atoms with van der Waals surface area (Å²) < 4.78 is 5.38. The van der Waals surface area contributed by atoms with Crippen LogP contribution >= 0.6 is 11.6 Å². The van der Waals surface area contributed by atoms with Gasteiger partial charge in [-0.25, -0.2) is 0 Å². The Balaban J connectivity index is 2.43. The summed E-state index contributed by atoms with van der Waals surface area (Å²) in [6.07, 6.45) is 1.04. The normalized spacial score (nSPS) is 11.3. The summed E-state index contributed by atoms with van der Waals surface area (Å²) >= 11 is 6.14. The van der Waals surface area contributed by atoms with Gasteiger partial charge < -0.3 is 9.72 Å². The summed E-state index contributed by atoms with van der Waals surface area (Å²) in [5.74, 6) is 0.711. The lowest BCUT2D eigenvalue weighted by Crippen LogP contribution is -1.85. The fourth-order valence-electron chi connectivity index (χ4n) is 2.38. The van der Waals surface area contributed by atoms with Crippen LogP contribution in [0.4, 0.5) is 0 Å². The number of fused-ring (bicyclic) bond motifs is 3.